The van der Waals surface area contributed by atoms with Crippen LogP contribution in [0.5, 0.6) is 0 Å². The predicted molar refractivity (Wildman–Crippen MR) is 88.9 cm³/mol. The molecule has 0 aromatic carbocycles. The van der Waals surface area contributed by atoms with E-state index in [1.165, 1.54) is 58.0 Å². The predicted octanol–water partition coefficient (Wildman–Crippen LogP) is 2.10. The van der Waals surface area contributed by atoms with Crippen molar-refractivity contribution in [3.8, 4) is 0 Å². The van der Waals surface area contributed by atoms with Gasteiger partial charge in [-0.25, -0.2) is 4.79 Å². The van der Waals surface area contributed by atoms with Gasteiger partial charge >= 0.3 is 6.03 Å². The van der Waals surface area contributed by atoms with E-state index in [1.807, 2.05) is 6.92 Å². The minimum atomic E-state index is -0.106. The molecule has 2 fully saturated rings. The Morgan fingerprint density at radius 3 is 2.73 bits per heavy atom. The van der Waals surface area contributed by atoms with Crippen LogP contribution in [0.4, 0.5) is 4.79 Å². The summed E-state index contributed by atoms with van der Waals surface area (Å²) in [5.41, 5.74) is 0. The molecule has 1 saturated heterocycles. The Morgan fingerprint density at radius 2 is 2.00 bits per heavy atom. The summed E-state index contributed by atoms with van der Waals surface area (Å²) in [4.78, 5) is 14.4. The van der Waals surface area contributed by atoms with Gasteiger partial charge in [-0.15, -0.1) is 0 Å². The van der Waals surface area contributed by atoms with Crippen molar-refractivity contribution in [2.45, 2.75) is 70.4 Å². The number of rotatable bonds is 7. The van der Waals surface area contributed by atoms with Gasteiger partial charge in [-0.1, -0.05) is 19.3 Å². The maximum atomic E-state index is 11.9. The van der Waals surface area contributed by atoms with Crippen molar-refractivity contribution in [2.24, 2.45) is 5.92 Å². The normalized spacial score (nSPS) is 25.1. The number of amides is 2. The van der Waals surface area contributed by atoms with Crippen molar-refractivity contribution in [3.05, 3.63) is 0 Å². The van der Waals surface area contributed by atoms with E-state index in [4.69, 9.17) is 5.11 Å². The summed E-state index contributed by atoms with van der Waals surface area (Å²) in [5, 5.41) is 14.7. The van der Waals surface area contributed by atoms with Crippen molar-refractivity contribution in [2.75, 3.05) is 26.2 Å². The summed E-state index contributed by atoms with van der Waals surface area (Å²) in [6.07, 6.45) is 10.0. The van der Waals surface area contributed by atoms with Crippen LogP contribution < -0.4 is 10.6 Å². The minimum Gasteiger partial charge on any atom is -0.396 e. The van der Waals surface area contributed by atoms with Crippen LogP contribution in [-0.2, 0) is 0 Å². The summed E-state index contributed by atoms with van der Waals surface area (Å²) in [5.74, 6) is 0.868. The number of carbonyl (C=O) groups excluding carboxylic acids is 1. The lowest BCUT2D eigenvalue weighted by Gasteiger charge is -2.31. The molecule has 1 unspecified atom stereocenters. The number of hydrogen-bond donors (Lipinski definition) is 3. The Labute approximate surface area is 134 Å². The maximum Gasteiger partial charge on any atom is 0.315 e. The fraction of sp³-hybridized carbons (Fsp3) is 0.941. The molecular weight excluding hydrogens is 278 g/mol. The molecule has 1 saturated carbocycles. The molecule has 22 heavy (non-hydrogen) atoms. The van der Waals surface area contributed by atoms with Gasteiger partial charge in [-0.3, -0.25) is 4.90 Å². The molecule has 1 aliphatic heterocycles. The van der Waals surface area contributed by atoms with Gasteiger partial charge in [0.2, 0.25) is 0 Å². The van der Waals surface area contributed by atoms with Crippen molar-refractivity contribution < 1.29 is 9.90 Å². The first kappa shape index (κ1) is 17.5. The summed E-state index contributed by atoms with van der Waals surface area (Å²) in [6.45, 7) is 5.17. The molecule has 0 radical (unpaired) electrons. The van der Waals surface area contributed by atoms with Gasteiger partial charge in [0, 0.05) is 31.8 Å². The van der Waals surface area contributed by atoms with Crippen LogP contribution in [0, 0.1) is 5.92 Å². The Balaban J connectivity index is 1.68. The molecule has 0 aromatic heterocycles. The van der Waals surface area contributed by atoms with Gasteiger partial charge < -0.3 is 15.7 Å². The Hall–Kier alpha value is -0.810. The van der Waals surface area contributed by atoms with Gasteiger partial charge in [0.15, 0.2) is 0 Å². The smallest absolute Gasteiger partial charge is 0.315 e. The largest absolute Gasteiger partial charge is 0.396 e. The number of likely N-dealkylation sites (tertiary alicyclic amines) is 1. The van der Waals surface area contributed by atoms with Crippen LogP contribution in [0.1, 0.15) is 58.3 Å². The SMILES string of the molecule is C[C@H](CCO)NC(=O)NCC1CCCN1CC1CCCCC1. The third-order valence-electron chi connectivity index (χ3n) is 5.15. The van der Waals surface area contributed by atoms with Crippen molar-refractivity contribution >= 4 is 6.03 Å². The Kier molecular flexibility index (Phi) is 7.46. The molecule has 1 aliphatic carbocycles. The topological polar surface area (TPSA) is 64.6 Å². The molecule has 5 heteroatoms. The number of aliphatic hydroxyl groups excluding tert-OH is 1. The van der Waals surface area contributed by atoms with Gasteiger partial charge in [0.1, 0.15) is 0 Å². The summed E-state index contributed by atoms with van der Waals surface area (Å²) in [7, 11) is 0. The van der Waals surface area contributed by atoms with Crippen LogP contribution in [0.3, 0.4) is 0 Å². The van der Waals surface area contributed by atoms with Crippen molar-refractivity contribution in [1.82, 2.24) is 15.5 Å². The lowest BCUT2D eigenvalue weighted by molar-refractivity contribution is 0.183. The van der Waals surface area contributed by atoms with Gasteiger partial charge in [0.05, 0.1) is 0 Å². The first-order valence-electron chi connectivity index (χ1n) is 9.08. The lowest BCUT2D eigenvalue weighted by Crippen LogP contribution is -2.47. The maximum absolute atomic E-state index is 11.9. The summed E-state index contributed by atoms with van der Waals surface area (Å²) >= 11 is 0. The number of aliphatic hydroxyl groups is 1. The minimum absolute atomic E-state index is 0.0203. The highest BCUT2D eigenvalue weighted by Crippen LogP contribution is 2.27. The van der Waals surface area contributed by atoms with Gasteiger partial charge in [-0.2, -0.15) is 0 Å². The molecule has 128 valence electrons. The lowest BCUT2D eigenvalue weighted by atomic mass is 9.89. The third-order valence-corrected chi connectivity index (χ3v) is 5.15. The van der Waals surface area contributed by atoms with E-state index in [1.54, 1.807) is 0 Å². The molecule has 0 spiro atoms. The van der Waals surface area contributed by atoms with Crippen molar-refractivity contribution in [3.63, 3.8) is 0 Å². The first-order valence-corrected chi connectivity index (χ1v) is 9.08. The molecule has 5 nitrogen and oxygen atoms in total. The molecule has 2 atom stereocenters. The molecule has 0 bridgehead atoms. The number of nitrogens with zero attached hydrogens (tertiary/aromatic N) is 1. The zero-order chi connectivity index (χ0) is 15.8. The molecule has 2 aliphatic rings. The quantitative estimate of drug-likeness (QED) is 0.674. The van der Waals surface area contributed by atoms with E-state index in [2.05, 4.69) is 15.5 Å². The second kappa shape index (κ2) is 9.36. The number of carbonyl (C=O) groups is 1. The number of urea groups is 1. The fourth-order valence-electron chi connectivity index (χ4n) is 3.82. The van der Waals surface area contributed by atoms with E-state index < -0.39 is 0 Å². The fourth-order valence-corrected chi connectivity index (χ4v) is 3.82. The van der Waals surface area contributed by atoms with E-state index in [0.29, 0.717) is 12.5 Å². The zero-order valence-electron chi connectivity index (χ0n) is 14.0. The van der Waals surface area contributed by atoms with Crippen LogP contribution >= 0.6 is 0 Å². The van der Waals surface area contributed by atoms with Crippen LogP contribution in [-0.4, -0.2) is 54.4 Å². The molecule has 0 aromatic rings. The van der Waals surface area contributed by atoms with E-state index in [9.17, 15) is 4.79 Å². The second-order valence-corrected chi connectivity index (χ2v) is 7.06. The van der Waals surface area contributed by atoms with Crippen LogP contribution in [0.2, 0.25) is 0 Å². The third kappa shape index (κ3) is 5.76. The summed E-state index contributed by atoms with van der Waals surface area (Å²) in [6, 6.07) is 0.415. The highest BCUT2D eigenvalue weighted by atomic mass is 16.3. The average Bonchev–Trinajstić information content (AvgIpc) is 2.93. The first-order chi connectivity index (χ1) is 10.7. The van der Waals surface area contributed by atoms with Gasteiger partial charge in [0.25, 0.3) is 0 Å². The van der Waals surface area contributed by atoms with Crippen LogP contribution in [0.25, 0.3) is 0 Å². The van der Waals surface area contributed by atoms with Crippen LogP contribution in [0.15, 0.2) is 0 Å². The number of nitrogens with one attached hydrogen (secondary N) is 2. The Bertz CT molecular complexity index is 332. The van der Waals surface area contributed by atoms with E-state index in [0.717, 1.165) is 12.5 Å². The molecule has 1 heterocycles. The Morgan fingerprint density at radius 1 is 1.23 bits per heavy atom. The number of hydrogen-bond acceptors (Lipinski definition) is 3. The summed E-state index contributed by atoms with van der Waals surface area (Å²) < 4.78 is 0. The highest BCUT2D eigenvalue weighted by Gasteiger charge is 2.27. The molecule has 2 rings (SSSR count). The van der Waals surface area contributed by atoms with E-state index >= 15 is 0 Å². The van der Waals surface area contributed by atoms with E-state index in [-0.39, 0.29) is 18.7 Å². The molecular formula is C17H33N3O2. The molecule has 2 amide bonds. The second-order valence-electron chi connectivity index (χ2n) is 7.06. The zero-order valence-corrected chi connectivity index (χ0v) is 14.0. The molecule has 3 N–H and O–H groups in total. The standard InChI is InChI=1S/C17H33N3O2/c1-14(9-11-21)19-17(22)18-12-16-8-5-10-20(16)13-15-6-3-2-4-7-15/h14-16,21H,2-13H2,1H3,(H2,18,19,22)/t14-,16?/m1/s1. The highest BCUT2D eigenvalue weighted by molar-refractivity contribution is 5.74. The van der Waals surface area contributed by atoms with Crippen molar-refractivity contribution in [1.29, 1.82) is 0 Å². The monoisotopic (exact) mass is 311 g/mol. The van der Waals surface area contributed by atoms with Gasteiger partial charge in [-0.05, 0) is 51.5 Å². The average molecular weight is 311 g/mol.